The Hall–Kier alpha value is -1.51. The predicted molar refractivity (Wildman–Crippen MR) is 110 cm³/mol. The number of rotatable bonds is 7. The number of carbonyl (C=O) groups excluding carboxylic acids is 1. The van der Waals surface area contributed by atoms with E-state index in [9.17, 15) is 13.2 Å². The summed E-state index contributed by atoms with van der Waals surface area (Å²) < 4.78 is 33.5. The third-order valence-corrected chi connectivity index (χ3v) is 6.51. The van der Waals surface area contributed by atoms with E-state index < -0.39 is 15.9 Å². The van der Waals surface area contributed by atoms with Crippen molar-refractivity contribution in [2.24, 2.45) is 5.73 Å². The Morgan fingerprint density at radius 1 is 1.21 bits per heavy atom. The van der Waals surface area contributed by atoms with Crippen LogP contribution in [0, 0.1) is 0 Å². The summed E-state index contributed by atoms with van der Waals surface area (Å²) >= 11 is 0. The minimum atomic E-state index is -3.13. The molecule has 2 aliphatic rings. The van der Waals surface area contributed by atoms with Crippen LogP contribution < -0.4 is 20.5 Å². The first kappa shape index (κ1) is 22.8. The van der Waals surface area contributed by atoms with Gasteiger partial charge in [-0.1, -0.05) is 25.3 Å². The quantitative estimate of drug-likeness (QED) is 0.681. The molecule has 0 saturated heterocycles. The lowest BCUT2D eigenvalue weighted by atomic mass is 9.69. The number of nitrogens with one attached hydrogen (secondary N) is 1. The van der Waals surface area contributed by atoms with E-state index in [1.54, 1.807) is 0 Å². The van der Waals surface area contributed by atoms with Gasteiger partial charge in [-0.25, -0.2) is 8.42 Å². The molecule has 0 aromatic heterocycles. The summed E-state index contributed by atoms with van der Waals surface area (Å²) in [5.41, 5.74) is 6.86. The van der Waals surface area contributed by atoms with Crippen LogP contribution in [0.25, 0.3) is 0 Å². The smallest absolute Gasteiger partial charge is 0.236 e. The number of ether oxygens (including phenoxy) is 2. The van der Waals surface area contributed by atoms with E-state index in [1.165, 1.54) is 6.42 Å². The Balaban J connectivity index is 0.00000280. The summed E-state index contributed by atoms with van der Waals surface area (Å²) in [6, 6.07) is 5.17. The maximum atomic E-state index is 12.4. The molecule has 28 heavy (non-hydrogen) atoms. The number of carbonyl (C=O) groups is 1. The summed E-state index contributed by atoms with van der Waals surface area (Å²) in [6.07, 6.45) is 6.62. The number of benzene rings is 1. The number of sulfone groups is 1. The highest BCUT2D eigenvalue weighted by atomic mass is 35.5. The average Bonchev–Trinajstić information content (AvgIpc) is 3.12. The van der Waals surface area contributed by atoms with Crippen LogP contribution in [0.1, 0.15) is 44.1 Å². The van der Waals surface area contributed by atoms with Crippen LogP contribution in [0.15, 0.2) is 18.2 Å². The second-order valence-electron chi connectivity index (χ2n) is 7.65. The molecule has 1 aliphatic carbocycles. The van der Waals surface area contributed by atoms with Crippen molar-refractivity contribution in [3.05, 3.63) is 23.8 Å². The van der Waals surface area contributed by atoms with Crippen LogP contribution in [0.2, 0.25) is 0 Å². The highest BCUT2D eigenvalue weighted by Gasteiger charge is 2.35. The zero-order chi connectivity index (χ0) is 19.5. The average molecular weight is 433 g/mol. The Kier molecular flexibility index (Phi) is 7.59. The fraction of sp³-hybridized carbons (Fsp3) is 0.632. The molecule has 1 heterocycles. The van der Waals surface area contributed by atoms with Crippen molar-refractivity contribution in [1.82, 2.24) is 5.32 Å². The fourth-order valence-electron chi connectivity index (χ4n) is 3.88. The van der Waals surface area contributed by atoms with Crippen molar-refractivity contribution in [3.8, 4) is 11.5 Å². The van der Waals surface area contributed by atoms with Crippen molar-refractivity contribution in [3.63, 3.8) is 0 Å². The van der Waals surface area contributed by atoms with Gasteiger partial charge in [0.05, 0.1) is 11.8 Å². The molecule has 1 aliphatic heterocycles. The van der Waals surface area contributed by atoms with Gasteiger partial charge in [0.1, 0.15) is 9.84 Å². The van der Waals surface area contributed by atoms with E-state index in [1.807, 2.05) is 12.1 Å². The first-order valence-corrected chi connectivity index (χ1v) is 11.5. The molecule has 1 saturated carbocycles. The molecular formula is C19H29ClN2O5S. The van der Waals surface area contributed by atoms with Crippen LogP contribution in [0.5, 0.6) is 11.5 Å². The number of hydrogen-bond acceptors (Lipinski definition) is 6. The zero-order valence-electron chi connectivity index (χ0n) is 16.1. The van der Waals surface area contributed by atoms with Gasteiger partial charge in [-0.3, -0.25) is 4.79 Å². The van der Waals surface area contributed by atoms with E-state index >= 15 is 0 Å². The molecule has 1 aromatic carbocycles. The first-order chi connectivity index (χ1) is 12.8. The Bertz CT molecular complexity index is 794. The Labute approximate surface area is 172 Å². The molecule has 0 spiro atoms. The minimum Gasteiger partial charge on any atom is -0.454 e. The summed E-state index contributed by atoms with van der Waals surface area (Å²) in [5, 5.41) is 2.96. The molecular weight excluding hydrogens is 404 g/mol. The maximum absolute atomic E-state index is 12.4. The zero-order valence-corrected chi connectivity index (χ0v) is 17.7. The molecule has 0 radical (unpaired) electrons. The van der Waals surface area contributed by atoms with E-state index in [4.69, 9.17) is 15.2 Å². The third-order valence-electron chi connectivity index (χ3n) is 5.53. The molecule has 3 rings (SSSR count). The van der Waals surface area contributed by atoms with Gasteiger partial charge in [-0.05, 0) is 37.0 Å². The van der Waals surface area contributed by atoms with Gasteiger partial charge in [0, 0.05) is 18.2 Å². The van der Waals surface area contributed by atoms with E-state index in [0.29, 0.717) is 6.54 Å². The van der Waals surface area contributed by atoms with Crippen LogP contribution in [0.4, 0.5) is 0 Å². The van der Waals surface area contributed by atoms with Gasteiger partial charge in [-0.2, -0.15) is 0 Å². The highest BCUT2D eigenvalue weighted by molar-refractivity contribution is 7.90. The summed E-state index contributed by atoms with van der Waals surface area (Å²) in [5.74, 6) is 1.10. The van der Waals surface area contributed by atoms with Crippen molar-refractivity contribution < 1.29 is 22.7 Å². The molecule has 1 aromatic rings. The van der Waals surface area contributed by atoms with Crippen LogP contribution >= 0.6 is 12.4 Å². The molecule has 0 bridgehead atoms. The topological polar surface area (TPSA) is 108 Å². The summed E-state index contributed by atoms with van der Waals surface area (Å²) in [6.45, 7) is 0.718. The number of hydrogen-bond donors (Lipinski definition) is 2. The van der Waals surface area contributed by atoms with Gasteiger partial charge < -0.3 is 20.5 Å². The lowest BCUT2D eigenvalue weighted by Gasteiger charge is -2.38. The standard InChI is InChI=1S/C19H28N2O5S.ClH/c1-27(23,24)10-7-15(20)18(22)21-12-19(8-3-2-4-9-19)14-5-6-16-17(11-14)26-13-25-16;/h5-6,11,15H,2-4,7-10,12-13,20H2,1H3,(H,21,22);1H. The monoisotopic (exact) mass is 432 g/mol. The van der Waals surface area contributed by atoms with Crippen molar-refractivity contribution >= 4 is 28.2 Å². The molecule has 1 unspecified atom stereocenters. The maximum Gasteiger partial charge on any atom is 0.236 e. The van der Waals surface area contributed by atoms with Gasteiger partial charge in [0.15, 0.2) is 11.5 Å². The van der Waals surface area contributed by atoms with Crippen LogP contribution in [0.3, 0.4) is 0 Å². The van der Waals surface area contributed by atoms with E-state index in [0.717, 1.165) is 49.0 Å². The number of fused-ring (bicyclic) bond motifs is 1. The summed E-state index contributed by atoms with van der Waals surface area (Å²) in [4.78, 5) is 12.4. The molecule has 1 amide bonds. The second-order valence-corrected chi connectivity index (χ2v) is 9.91. The fourth-order valence-corrected chi connectivity index (χ4v) is 4.56. The minimum absolute atomic E-state index is 0. The third kappa shape index (κ3) is 5.52. The lowest BCUT2D eigenvalue weighted by molar-refractivity contribution is -0.122. The molecule has 158 valence electrons. The first-order valence-electron chi connectivity index (χ1n) is 9.40. The van der Waals surface area contributed by atoms with Crippen molar-refractivity contribution in [2.75, 3.05) is 25.3 Å². The molecule has 1 atom stereocenters. The highest BCUT2D eigenvalue weighted by Crippen LogP contribution is 2.43. The van der Waals surface area contributed by atoms with Gasteiger partial charge in [0.25, 0.3) is 0 Å². The van der Waals surface area contributed by atoms with Crippen molar-refractivity contribution in [1.29, 1.82) is 0 Å². The molecule has 3 N–H and O–H groups in total. The number of halogens is 1. The number of amides is 1. The van der Waals surface area contributed by atoms with E-state index in [-0.39, 0.29) is 42.7 Å². The normalized spacial score (nSPS) is 18.8. The summed E-state index contributed by atoms with van der Waals surface area (Å²) in [7, 11) is -3.13. The Morgan fingerprint density at radius 3 is 2.57 bits per heavy atom. The lowest BCUT2D eigenvalue weighted by Crippen LogP contribution is -2.48. The molecule has 1 fully saturated rings. The van der Waals surface area contributed by atoms with Crippen LogP contribution in [-0.2, 0) is 20.0 Å². The van der Waals surface area contributed by atoms with Gasteiger partial charge in [-0.15, -0.1) is 12.4 Å². The molecule has 7 nitrogen and oxygen atoms in total. The van der Waals surface area contributed by atoms with Crippen LogP contribution in [-0.4, -0.2) is 45.7 Å². The van der Waals surface area contributed by atoms with Gasteiger partial charge >= 0.3 is 0 Å². The Morgan fingerprint density at radius 2 is 1.89 bits per heavy atom. The van der Waals surface area contributed by atoms with Crippen molar-refractivity contribution in [2.45, 2.75) is 50.0 Å². The largest absolute Gasteiger partial charge is 0.454 e. The van der Waals surface area contributed by atoms with Gasteiger partial charge in [0.2, 0.25) is 12.7 Å². The second kappa shape index (κ2) is 9.33. The predicted octanol–water partition coefficient (Wildman–Crippen LogP) is 1.92. The SMILES string of the molecule is CS(=O)(=O)CCC(N)C(=O)NCC1(c2ccc3c(c2)OCO3)CCCCC1.Cl. The van der Waals surface area contributed by atoms with E-state index in [2.05, 4.69) is 11.4 Å². The number of nitrogens with two attached hydrogens (primary N) is 1. The molecule has 9 heteroatoms.